The smallest absolute Gasteiger partial charge is 0.410 e. The van der Waals surface area contributed by atoms with Gasteiger partial charge in [0.05, 0.1) is 11.3 Å². The van der Waals surface area contributed by atoms with Crippen molar-refractivity contribution in [3.05, 3.63) is 47.5 Å². The number of allylic oxidation sites excluding steroid dienone is 1. The van der Waals surface area contributed by atoms with Crippen LogP contribution < -0.4 is 15.4 Å². The molecule has 0 radical (unpaired) electrons. The number of carbonyl (C=O) groups excluding carboxylic acids is 5. The molecule has 1 saturated carbocycles. The molecule has 274 valence electrons. The van der Waals surface area contributed by atoms with Crippen molar-refractivity contribution in [2.75, 3.05) is 6.54 Å². The lowest BCUT2D eigenvalue weighted by molar-refractivity contribution is -0.141. The number of alkyl carbamates (subject to hydrolysis) is 1. The fourth-order valence-corrected chi connectivity index (χ4v) is 7.28. The van der Waals surface area contributed by atoms with E-state index in [1.165, 1.54) is 4.90 Å². The molecule has 14 heteroatoms. The van der Waals surface area contributed by atoms with Crippen molar-refractivity contribution >= 4 is 40.9 Å². The highest BCUT2D eigenvalue weighted by Gasteiger charge is 2.61. The second-order valence-corrected chi connectivity index (χ2v) is 17.7. The summed E-state index contributed by atoms with van der Waals surface area (Å²) < 4.78 is 26.2. The van der Waals surface area contributed by atoms with Crippen LogP contribution in [0.2, 0.25) is 0 Å². The van der Waals surface area contributed by atoms with Crippen LogP contribution in [0.25, 0.3) is 0 Å². The maximum Gasteiger partial charge on any atom is 0.410 e. The van der Waals surface area contributed by atoms with Crippen LogP contribution in [0.5, 0.6) is 0 Å². The summed E-state index contributed by atoms with van der Waals surface area (Å²) >= 11 is 0. The predicted octanol–water partition coefficient (Wildman–Crippen LogP) is 3.98. The van der Waals surface area contributed by atoms with Gasteiger partial charge >= 0.3 is 12.2 Å². The average Bonchev–Trinajstić information content (AvgIpc) is 3.33. The Bertz CT molecular complexity index is 1530. The summed E-state index contributed by atoms with van der Waals surface area (Å²) in [6.07, 6.45) is 5.36. The Balaban J connectivity index is 1.40. The number of nitrogens with zero attached hydrogens (tertiary/aromatic N) is 2. The van der Waals surface area contributed by atoms with E-state index in [1.807, 2.05) is 36.4 Å². The summed E-state index contributed by atoms with van der Waals surface area (Å²) in [6, 6.07) is 5.64. The Morgan fingerprint density at radius 2 is 1.68 bits per heavy atom. The van der Waals surface area contributed by atoms with E-state index in [2.05, 4.69) is 15.4 Å². The van der Waals surface area contributed by atoms with Crippen LogP contribution in [-0.4, -0.2) is 84.5 Å². The van der Waals surface area contributed by atoms with Crippen molar-refractivity contribution in [3.8, 4) is 0 Å². The molecule has 1 aromatic rings. The number of carbonyl (C=O) groups is 5. The lowest BCUT2D eigenvalue weighted by atomic mass is 10.0. The number of amides is 5. The summed E-state index contributed by atoms with van der Waals surface area (Å²) in [4.78, 5) is 71.4. The Labute approximate surface area is 296 Å². The van der Waals surface area contributed by atoms with Crippen LogP contribution in [0, 0.1) is 5.92 Å². The van der Waals surface area contributed by atoms with Crippen LogP contribution in [0.4, 0.5) is 9.59 Å². The summed E-state index contributed by atoms with van der Waals surface area (Å²) in [5, 5.41) is 5.64. The Kier molecular flexibility index (Phi) is 11.0. The summed E-state index contributed by atoms with van der Waals surface area (Å²) in [6.45, 7) is 11.1. The van der Waals surface area contributed by atoms with Gasteiger partial charge in [-0.1, -0.05) is 49.3 Å². The molecule has 1 aromatic carbocycles. The number of ether oxygens (including phenoxy) is 2. The highest BCUT2D eigenvalue weighted by molar-refractivity contribution is 7.85. The third-order valence-electron chi connectivity index (χ3n) is 9.44. The second kappa shape index (κ2) is 14.7. The molecule has 5 amide bonds. The number of rotatable bonds is 4. The summed E-state index contributed by atoms with van der Waals surface area (Å²) in [5.74, 6) is -1.99. The van der Waals surface area contributed by atoms with Crippen molar-refractivity contribution in [2.24, 2.45) is 5.92 Å². The van der Waals surface area contributed by atoms with Gasteiger partial charge in [-0.2, -0.15) is 0 Å². The monoisotopic (exact) mass is 713 g/mol. The van der Waals surface area contributed by atoms with Gasteiger partial charge in [-0.25, -0.2) is 13.8 Å². The molecular weight excluding hydrogens is 662 g/mol. The number of hydrogen-bond donors (Lipinski definition) is 3. The predicted molar refractivity (Wildman–Crippen MR) is 186 cm³/mol. The molecule has 4 aliphatic rings. The molecule has 13 nitrogen and oxygen atoms in total. The quantitative estimate of drug-likeness (QED) is 0.395. The maximum absolute atomic E-state index is 14.3. The van der Waals surface area contributed by atoms with Gasteiger partial charge < -0.3 is 25.0 Å². The first-order valence-electron chi connectivity index (χ1n) is 17.5. The fourth-order valence-electron chi connectivity index (χ4n) is 6.62. The zero-order valence-electron chi connectivity index (χ0n) is 29.9. The molecule has 1 saturated heterocycles. The normalized spacial score (nSPS) is 28.4. The molecule has 0 unspecified atom stereocenters. The zero-order valence-corrected chi connectivity index (χ0v) is 30.7. The fraction of sp³-hybridized carbons (Fsp3) is 0.639. The van der Waals surface area contributed by atoms with E-state index in [1.54, 1.807) is 46.4 Å². The van der Waals surface area contributed by atoms with E-state index < -0.39 is 75.0 Å². The van der Waals surface area contributed by atoms with Gasteiger partial charge in [-0.3, -0.25) is 24.0 Å². The zero-order chi connectivity index (χ0) is 36.4. The van der Waals surface area contributed by atoms with Gasteiger partial charge in [0, 0.05) is 25.4 Å². The van der Waals surface area contributed by atoms with Crippen LogP contribution in [0.15, 0.2) is 36.4 Å². The minimum absolute atomic E-state index is 0.00458. The Morgan fingerprint density at radius 1 is 1.00 bits per heavy atom. The SMILES string of the molecule is CC(C)(C)OC(=O)N[C@H]1CCCCC/C=C\[C@H]2C[C@@]2(C(=O)N[S@@](=O)C(C)(C)C)NC(=O)[C@@H]2C[C@@H](OC(=O)N3Cc4ccccc4C3)CN2C1=O. The molecule has 0 aromatic heterocycles. The topological polar surface area (TPSA) is 163 Å². The number of nitrogens with one attached hydrogen (secondary N) is 3. The lowest BCUT2D eigenvalue weighted by Crippen LogP contribution is -2.58. The van der Waals surface area contributed by atoms with Crippen molar-refractivity contribution in [2.45, 2.75) is 134 Å². The van der Waals surface area contributed by atoms with Gasteiger partial charge in [0.2, 0.25) is 11.8 Å². The summed E-state index contributed by atoms with van der Waals surface area (Å²) in [5.41, 5.74) is -0.0968. The first-order chi connectivity index (χ1) is 23.5. The van der Waals surface area contributed by atoms with Crippen molar-refractivity contribution < 1.29 is 37.7 Å². The van der Waals surface area contributed by atoms with E-state index >= 15 is 0 Å². The van der Waals surface area contributed by atoms with Gasteiger partial charge in [0.1, 0.15) is 40.3 Å². The summed E-state index contributed by atoms with van der Waals surface area (Å²) in [7, 11) is -1.72. The minimum Gasteiger partial charge on any atom is -0.444 e. The number of hydrogen-bond acceptors (Lipinski definition) is 8. The highest BCUT2D eigenvalue weighted by atomic mass is 32.2. The van der Waals surface area contributed by atoms with E-state index in [4.69, 9.17) is 9.47 Å². The Morgan fingerprint density at radius 3 is 2.32 bits per heavy atom. The Hall–Kier alpha value is -3.94. The van der Waals surface area contributed by atoms with Crippen LogP contribution >= 0.6 is 0 Å². The third-order valence-corrected chi connectivity index (χ3v) is 10.9. The molecule has 5 rings (SSSR count). The van der Waals surface area contributed by atoms with E-state index in [0.29, 0.717) is 32.4 Å². The molecule has 0 spiro atoms. The molecule has 3 aliphatic heterocycles. The first-order valence-corrected chi connectivity index (χ1v) is 18.7. The van der Waals surface area contributed by atoms with Gasteiger partial charge in [-0.15, -0.1) is 0 Å². The van der Waals surface area contributed by atoms with E-state index in [-0.39, 0.29) is 18.9 Å². The maximum atomic E-state index is 14.3. The molecule has 6 atom stereocenters. The van der Waals surface area contributed by atoms with E-state index in [9.17, 15) is 28.2 Å². The second-order valence-electron chi connectivity index (χ2n) is 15.7. The average molecular weight is 714 g/mol. The molecule has 0 bridgehead atoms. The lowest BCUT2D eigenvalue weighted by Gasteiger charge is -2.30. The first kappa shape index (κ1) is 37.3. The van der Waals surface area contributed by atoms with Crippen LogP contribution in [0.3, 0.4) is 0 Å². The number of fused-ring (bicyclic) bond motifs is 3. The molecule has 2 fully saturated rings. The standard InChI is InChI=1S/C36H51N5O8S/c1-34(2,3)49-32(45)37-27-17-11-9-7-8-10-16-25-19-36(25,31(44)39-50(47)35(4,5)6)38-29(42)28-18-26(22-41(28)30(27)43)48-33(46)40-20-23-14-12-13-15-24(23)21-40/h10,12-16,25-28H,7-9,11,17-22H2,1-6H3,(H,37,45)(H,38,42)(H,39,44)/b16-10-/t25-,26+,27-,28-,36+,50-/m0/s1. The van der Waals surface area contributed by atoms with Crippen LogP contribution in [-0.2, 0) is 47.9 Å². The van der Waals surface area contributed by atoms with E-state index in [0.717, 1.165) is 30.4 Å². The van der Waals surface area contributed by atoms with Gasteiger partial charge in [-0.05, 0) is 78.4 Å². The van der Waals surface area contributed by atoms with Crippen LogP contribution in [0.1, 0.15) is 97.6 Å². The molecule has 50 heavy (non-hydrogen) atoms. The minimum atomic E-state index is -1.72. The van der Waals surface area contributed by atoms with Crippen molar-refractivity contribution in [1.82, 2.24) is 25.2 Å². The molecule has 3 heterocycles. The van der Waals surface area contributed by atoms with Gasteiger partial charge in [0.25, 0.3) is 5.91 Å². The van der Waals surface area contributed by atoms with Crippen molar-refractivity contribution in [3.63, 3.8) is 0 Å². The largest absolute Gasteiger partial charge is 0.444 e. The molecule has 3 N–H and O–H groups in total. The number of benzene rings is 1. The molecule has 1 aliphatic carbocycles. The third kappa shape index (κ3) is 8.85. The van der Waals surface area contributed by atoms with Crippen molar-refractivity contribution in [1.29, 1.82) is 0 Å². The molecular formula is C36H51N5O8S. The highest BCUT2D eigenvalue weighted by Crippen LogP contribution is 2.46. The van der Waals surface area contributed by atoms with Gasteiger partial charge in [0.15, 0.2) is 0 Å².